The van der Waals surface area contributed by atoms with Crippen LogP contribution in [0.5, 0.6) is 0 Å². The van der Waals surface area contributed by atoms with Crippen LogP contribution in [0.1, 0.15) is 16.1 Å². The molecule has 7 nitrogen and oxygen atoms in total. The molecule has 0 saturated carbocycles. The van der Waals surface area contributed by atoms with E-state index >= 15 is 0 Å². The third-order valence-corrected chi connectivity index (χ3v) is 6.94. The normalized spacial score (nSPS) is 10.7. The molecule has 0 bridgehead atoms. The molecule has 9 heteroatoms. The molecule has 0 fully saturated rings. The van der Waals surface area contributed by atoms with E-state index < -0.39 is 10.1 Å². The fraction of sp³-hybridized carbons (Fsp3) is 0.160. The number of fused-ring (bicyclic) bond motifs is 1. The van der Waals surface area contributed by atoms with Crippen molar-refractivity contribution in [1.82, 2.24) is 0 Å². The standard InChI is InChI=1S/C18H19N2S.C7H8O3S.2H2O/c1-19(2)15-11-8-14(9-12-15)10-13-18-20(3)16-6-4-5-7-17(16)21-18;1-6-2-4-7(5-3-6)11(8,9)10;;/h4-13H,1-3H3;2-5H,1H3,(H,8,9,10);2*1H2/q+1;;;/p-1. The maximum Gasteiger partial charge on any atom is 0.262 e. The number of thiazole rings is 1. The van der Waals surface area contributed by atoms with Gasteiger partial charge in [-0.2, -0.15) is 4.57 Å². The van der Waals surface area contributed by atoms with E-state index in [0.29, 0.717) is 0 Å². The van der Waals surface area contributed by atoms with Gasteiger partial charge in [0.1, 0.15) is 21.9 Å². The maximum absolute atomic E-state index is 10.4. The first kappa shape index (κ1) is 29.0. The van der Waals surface area contributed by atoms with Gasteiger partial charge in [0.15, 0.2) is 0 Å². The summed E-state index contributed by atoms with van der Waals surface area (Å²) in [6.45, 7) is 1.82. The number of hydrogen-bond donors (Lipinski definition) is 0. The summed E-state index contributed by atoms with van der Waals surface area (Å²) in [6.07, 6.45) is 4.36. The molecule has 182 valence electrons. The minimum atomic E-state index is -4.27. The van der Waals surface area contributed by atoms with Crippen LogP contribution >= 0.6 is 11.3 Å². The van der Waals surface area contributed by atoms with Gasteiger partial charge in [-0.25, -0.2) is 8.42 Å². The Kier molecular flexibility index (Phi) is 10.6. The fourth-order valence-corrected chi connectivity index (χ4v) is 4.54. The van der Waals surface area contributed by atoms with Crippen molar-refractivity contribution in [3.63, 3.8) is 0 Å². The van der Waals surface area contributed by atoms with Crippen molar-refractivity contribution in [2.24, 2.45) is 7.05 Å². The highest BCUT2D eigenvalue weighted by atomic mass is 32.2. The van der Waals surface area contributed by atoms with Crippen LogP contribution in [-0.2, 0) is 17.2 Å². The molecule has 0 atom stereocenters. The van der Waals surface area contributed by atoms with E-state index in [1.54, 1.807) is 12.1 Å². The molecule has 4 N–H and O–H groups in total. The number of aryl methyl sites for hydroxylation is 2. The summed E-state index contributed by atoms with van der Waals surface area (Å²) in [5.74, 6) is 0. The van der Waals surface area contributed by atoms with Crippen LogP contribution in [0.4, 0.5) is 5.69 Å². The molecule has 4 aromatic rings. The lowest BCUT2D eigenvalue weighted by Crippen LogP contribution is -2.28. The van der Waals surface area contributed by atoms with Gasteiger partial charge >= 0.3 is 0 Å². The molecule has 1 aromatic heterocycles. The van der Waals surface area contributed by atoms with Crippen molar-refractivity contribution in [3.05, 3.63) is 88.9 Å². The van der Waals surface area contributed by atoms with Gasteiger partial charge in [-0.1, -0.05) is 53.3 Å². The molecule has 0 aliphatic heterocycles. The average molecular weight is 503 g/mol. The summed E-state index contributed by atoms with van der Waals surface area (Å²) in [7, 11) is 1.96. The maximum atomic E-state index is 10.4. The van der Waals surface area contributed by atoms with E-state index in [0.717, 1.165) is 5.56 Å². The third-order valence-electron chi connectivity index (χ3n) is 4.91. The summed E-state index contributed by atoms with van der Waals surface area (Å²) in [5, 5.41) is 1.26. The summed E-state index contributed by atoms with van der Waals surface area (Å²) in [5.41, 5.74) is 4.65. The van der Waals surface area contributed by atoms with Crippen LogP contribution in [0, 0.1) is 6.92 Å². The molecule has 0 aliphatic rings. The van der Waals surface area contributed by atoms with E-state index in [1.807, 2.05) is 18.3 Å². The van der Waals surface area contributed by atoms with Gasteiger partial charge in [0.05, 0.1) is 4.90 Å². The monoisotopic (exact) mass is 502 g/mol. The summed E-state index contributed by atoms with van der Waals surface area (Å²) in [4.78, 5) is 1.93. The molecule has 1 heterocycles. The van der Waals surface area contributed by atoms with Crippen molar-refractivity contribution in [3.8, 4) is 0 Å². The second kappa shape index (κ2) is 12.4. The first-order valence-electron chi connectivity index (χ1n) is 10.0. The number of nitrogens with zero attached hydrogens (tertiary/aromatic N) is 2. The van der Waals surface area contributed by atoms with Crippen molar-refractivity contribution < 1.29 is 28.5 Å². The molecule has 4 rings (SSSR count). The zero-order valence-corrected chi connectivity index (χ0v) is 21.2. The van der Waals surface area contributed by atoms with E-state index in [-0.39, 0.29) is 15.8 Å². The van der Waals surface area contributed by atoms with Crippen LogP contribution < -0.4 is 9.47 Å². The highest BCUT2D eigenvalue weighted by molar-refractivity contribution is 7.85. The Bertz CT molecular complexity index is 1330. The number of aromatic nitrogens is 1. The second-order valence-corrected chi connectivity index (χ2v) is 10.00. The fourth-order valence-electron chi connectivity index (χ4n) is 3.02. The Morgan fingerprint density at radius 1 is 0.882 bits per heavy atom. The largest absolute Gasteiger partial charge is 0.744 e. The quantitative estimate of drug-likeness (QED) is 0.313. The molecule has 0 unspecified atom stereocenters. The van der Waals surface area contributed by atoms with Crippen molar-refractivity contribution in [2.75, 3.05) is 19.0 Å². The van der Waals surface area contributed by atoms with Gasteiger partial charge in [0, 0.05) is 31.9 Å². The summed E-state index contributed by atoms with van der Waals surface area (Å²) >= 11 is 1.82. The lowest BCUT2D eigenvalue weighted by atomic mass is 10.2. The molecule has 0 saturated heterocycles. The summed E-state index contributed by atoms with van der Waals surface area (Å²) < 4.78 is 34.7. The van der Waals surface area contributed by atoms with Gasteiger partial charge < -0.3 is 20.4 Å². The Hall–Kier alpha value is -3.08. The molecular weight excluding hydrogens is 472 g/mol. The topological polar surface area (TPSA) is 127 Å². The molecule has 0 radical (unpaired) electrons. The number of para-hydroxylation sites is 1. The van der Waals surface area contributed by atoms with E-state index in [1.165, 1.54) is 38.6 Å². The van der Waals surface area contributed by atoms with E-state index in [2.05, 4.69) is 91.3 Å². The van der Waals surface area contributed by atoms with Crippen molar-refractivity contribution in [2.45, 2.75) is 11.8 Å². The minimum Gasteiger partial charge on any atom is -0.744 e. The number of anilines is 1. The number of rotatable bonds is 4. The van der Waals surface area contributed by atoms with Crippen LogP contribution in [0.2, 0.25) is 0 Å². The molecular formula is C25H30N2O5S2. The second-order valence-electron chi connectivity index (χ2n) is 7.55. The molecule has 3 aromatic carbocycles. The zero-order valence-electron chi connectivity index (χ0n) is 19.5. The first-order chi connectivity index (χ1) is 15.1. The number of benzene rings is 3. The highest BCUT2D eigenvalue weighted by Gasteiger charge is 2.13. The van der Waals surface area contributed by atoms with Crippen LogP contribution in [0.15, 0.2) is 77.7 Å². The zero-order chi connectivity index (χ0) is 23.3. The third kappa shape index (κ3) is 7.47. The Labute approximate surface area is 204 Å². The van der Waals surface area contributed by atoms with Crippen LogP contribution in [0.3, 0.4) is 0 Å². The predicted octanol–water partition coefficient (Wildman–Crippen LogP) is 3.21. The summed E-state index contributed by atoms with van der Waals surface area (Å²) in [6, 6.07) is 22.9. The predicted molar refractivity (Wildman–Crippen MR) is 139 cm³/mol. The van der Waals surface area contributed by atoms with Gasteiger partial charge in [-0.15, -0.1) is 0 Å². The van der Waals surface area contributed by atoms with Crippen LogP contribution in [0.25, 0.3) is 22.4 Å². The molecule has 0 amide bonds. The molecule has 34 heavy (non-hydrogen) atoms. The van der Waals surface area contributed by atoms with Gasteiger partial charge in [-0.05, 0) is 48.9 Å². The SMILES string of the molecule is CN(C)c1ccc(/C=C/c2sc3ccccc3[n+]2C)cc1.Cc1ccc(S(=O)(=O)[O-])cc1.O.O. The lowest BCUT2D eigenvalue weighted by Gasteiger charge is -2.11. The highest BCUT2D eigenvalue weighted by Crippen LogP contribution is 2.21. The lowest BCUT2D eigenvalue weighted by molar-refractivity contribution is -0.642. The van der Waals surface area contributed by atoms with Gasteiger partial charge in [0.2, 0.25) is 5.52 Å². The molecule has 0 spiro atoms. The first-order valence-corrected chi connectivity index (χ1v) is 12.2. The Morgan fingerprint density at radius 3 is 2.00 bits per heavy atom. The van der Waals surface area contributed by atoms with Gasteiger partial charge in [-0.3, -0.25) is 0 Å². The van der Waals surface area contributed by atoms with Crippen LogP contribution in [-0.4, -0.2) is 38.0 Å². The molecule has 0 aliphatic carbocycles. The van der Waals surface area contributed by atoms with Crippen molar-refractivity contribution in [1.29, 1.82) is 0 Å². The minimum absolute atomic E-state index is 0. The number of hydrogen-bond acceptors (Lipinski definition) is 5. The van der Waals surface area contributed by atoms with E-state index in [4.69, 9.17) is 0 Å². The Morgan fingerprint density at radius 2 is 1.47 bits per heavy atom. The smallest absolute Gasteiger partial charge is 0.262 e. The average Bonchev–Trinajstić information content (AvgIpc) is 3.08. The van der Waals surface area contributed by atoms with Crippen molar-refractivity contribution >= 4 is 49.5 Å². The Balaban J connectivity index is 0.000000382. The van der Waals surface area contributed by atoms with Gasteiger partial charge in [0.25, 0.3) is 5.01 Å². The van der Waals surface area contributed by atoms with E-state index in [9.17, 15) is 13.0 Å².